The van der Waals surface area contributed by atoms with E-state index in [4.69, 9.17) is 5.73 Å². The smallest absolute Gasteiger partial charge is 0.242 e. The Morgan fingerprint density at radius 3 is 3.12 bits per heavy atom. The molecular weight excluding hydrogens is 234 g/mol. The molecule has 2 atom stereocenters. The molecule has 1 amide bonds. The number of anilines is 1. The van der Waals surface area contributed by atoms with Gasteiger partial charge in [0.2, 0.25) is 5.91 Å². The van der Waals surface area contributed by atoms with Crippen molar-refractivity contribution in [2.75, 3.05) is 5.32 Å². The van der Waals surface area contributed by atoms with Crippen molar-refractivity contribution in [1.82, 2.24) is 4.98 Å². The number of aryl methyl sites for hydroxylation is 1. The van der Waals surface area contributed by atoms with Gasteiger partial charge in [-0.25, -0.2) is 4.98 Å². The van der Waals surface area contributed by atoms with E-state index in [2.05, 4.69) is 17.2 Å². The summed E-state index contributed by atoms with van der Waals surface area (Å²) in [7, 11) is 0. The van der Waals surface area contributed by atoms with Crippen molar-refractivity contribution in [1.29, 1.82) is 0 Å². The second-order valence-corrected chi connectivity index (χ2v) is 5.77. The van der Waals surface area contributed by atoms with Crippen LogP contribution in [0.4, 0.5) is 5.13 Å². The first kappa shape index (κ1) is 12.5. The quantitative estimate of drug-likeness (QED) is 0.865. The summed E-state index contributed by atoms with van der Waals surface area (Å²) in [6, 6.07) is -0.487. The monoisotopic (exact) mass is 253 g/mol. The lowest BCUT2D eigenvalue weighted by atomic mass is 9.89. The molecule has 1 aliphatic carbocycles. The van der Waals surface area contributed by atoms with Gasteiger partial charge in [-0.15, -0.1) is 11.3 Å². The molecule has 3 N–H and O–H groups in total. The predicted molar refractivity (Wildman–Crippen MR) is 70.2 cm³/mol. The van der Waals surface area contributed by atoms with E-state index >= 15 is 0 Å². The molecule has 5 heteroatoms. The van der Waals surface area contributed by atoms with Gasteiger partial charge in [0, 0.05) is 4.88 Å². The molecule has 94 valence electrons. The predicted octanol–water partition coefficient (Wildman–Crippen LogP) is 1.94. The van der Waals surface area contributed by atoms with Crippen molar-refractivity contribution in [3.8, 4) is 0 Å². The first-order chi connectivity index (χ1) is 8.10. The summed E-state index contributed by atoms with van der Waals surface area (Å²) < 4.78 is 0. The van der Waals surface area contributed by atoms with Crippen LogP contribution in [0.25, 0.3) is 0 Å². The van der Waals surface area contributed by atoms with Gasteiger partial charge in [-0.1, -0.05) is 13.3 Å². The number of carbonyl (C=O) groups excluding carboxylic acids is 1. The van der Waals surface area contributed by atoms with E-state index in [0.717, 1.165) is 18.8 Å². The van der Waals surface area contributed by atoms with Crippen LogP contribution >= 0.6 is 11.3 Å². The molecule has 0 spiro atoms. The maximum absolute atomic E-state index is 11.5. The summed E-state index contributed by atoms with van der Waals surface area (Å²) in [5.74, 6) is 0.614. The van der Waals surface area contributed by atoms with Gasteiger partial charge in [0.1, 0.15) is 0 Å². The lowest BCUT2D eigenvalue weighted by molar-refractivity contribution is -0.117. The van der Waals surface area contributed by atoms with Crippen molar-refractivity contribution in [3.63, 3.8) is 0 Å². The molecule has 1 unspecified atom stereocenters. The van der Waals surface area contributed by atoms with Crippen LogP contribution in [-0.4, -0.2) is 16.9 Å². The molecule has 0 aromatic carbocycles. The van der Waals surface area contributed by atoms with Crippen molar-refractivity contribution < 1.29 is 4.79 Å². The van der Waals surface area contributed by atoms with Crippen LogP contribution in [0.1, 0.15) is 37.3 Å². The summed E-state index contributed by atoms with van der Waals surface area (Å²) in [5, 5.41) is 3.48. The number of aromatic nitrogens is 1. The van der Waals surface area contributed by atoms with Crippen LogP contribution in [-0.2, 0) is 17.6 Å². The number of hydrogen-bond donors (Lipinski definition) is 2. The summed E-state index contributed by atoms with van der Waals surface area (Å²) in [6.07, 6.45) is 4.59. The van der Waals surface area contributed by atoms with E-state index in [1.807, 2.05) is 0 Å². The molecule has 4 nitrogen and oxygen atoms in total. The molecule has 1 aromatic rings. The van der Waals surface area contributed by atoms with E-state index in [-0.39, 0.29) is 5.91 Å². The average Bonchev–Trinajstić information content (AvgIpc) is 2.69. The summed E-state index contributed by atoms with van der Waals surface area (Å²) in [4.78, 5) is 17.3. The van der Waals surface area contributed by atoms with E-state index < -0.39 is 6.04 Å². The molecule has 1 heterocycles. The van der Waals surface area contributed by atoms with Gasteiger partial charge >= 0.3 is 0 Å². The van der Waals surface area contributed by atoms with Gasteiger partial charge in [-0.05, 0) is 32.1 Å². The van der Waals surface area contributed by atoms with E-state index in [1.54, 1.807) is 18.3 Å². The van der Waals surface area contributed by atoms with Crippen molar-refractivity contribution >= 4 is 22.4 Å². The zero-order valence-corrected chi connectivity index (χ0v) is 11.1. The number of nitrogens with one attached hydrogen (secondary N) is 1. The van der Waals surface area contributed by atoms with Crippen molar-refractivity contribution in [2.45, 2.75) is 45.6 Å². The first-order valence-corrected chi connectivity index (χ1v) is 6.96. The van der Waals surface area contributed by atoms with Crippen LogP contribution in [0.2, 0.25) is 0 Å². The molecule has 0 bridgehead atoms. The maximum Gasteiger partial charge on any atom is 0.242 e. The van der Waals surface area contributed by atoms with Crippen LogP contribution in [0, 0.1) is 5.92 Å². The minimum Gasteiger partial charge on any atom is -0.320 e. The van der Waals surface area contributed by atoms with Crippen LogP contribution in [0.3, 0.4) is 0 Å². The Balaban J connectivity index is 2.08. The lowest BCUT2D eigenvalue weighted by Gasteiger charge is -2.18. The summed E-state index contributed by atoms with van der Waals surface area (Å²) >= 11 is 1.60. The Kier molecular flexibility index (Phi) is 3.79. The summed E-state index contributed by atoms with van der Waals surface area (Å²) in [6.45, 7) is 3.91. The third-order valence-corrected chi connectivity index (χ3v) is 4.30. The van der Waals surface area contributed by atoms with E-state index in [1.165, 1.54) is 23.4 Å². The Morgan fingerprint density at radius 2 is 2.47 bits per heavy atom. The van der Waals surface area contributed by atoms with Crippen molar-refractivity contribution in [2.24, 2.45) is 11.7 Å². The van der Waals surface area contributed by atoms with Gasteiger partial charge < -0.3 is 11.1 Å². The Hall–Kier alpha value is -0.940. The summed E-state index contributed by atoms with van der Waals surface area (Å²) in [5.41, 5.74) is 6.68. The van der Waals surface area contributed by atoms with Gasteiger partial charge in [0.25, 0.3) is 0 Å². The van der Waals surface area contributed by atoms with E-state index in [0.29, 0.717) is 5.13 Å². The van der Waals surface area contributed by atoms with Crippen LogP contribution < -0.4 is 11.1 Å². The zero-order chi connectivity index (χ0) is 12.4. The Morgan fingerprint density at radius 1 is 1.71 bits per heavy atom. The topological polar surface area (TPSA) is 68.0 Å². The van der Waals surface area contributed by atoms with Crippen LogP contribution in [0.5, 0.6) is 0 Å². The largest absolute Gasteiger partial charge is 0.320 e. The molecule has 0 saturated carbocycles. The highest BCUT2D eigenvalue weighted by Gasteiger charge is 2.22. The lowest BCUT2D eigenvalue weighted by Crippen LogP contribution is -2.32. The van der Waals surface area contributed by atoms with Gasteiger partial charge in [-0.3, -0.25) is 4.79 Å². The molecule has 0 saturated heterocycles. The third kappa shape index (κ3) is 2.84. The minimum atomic E-state index is -0.487. The third-order valence-electron chi connectivity index (χ3n) is 3.26. The Bertz CT molecular complexity index is 414. The number of hydrogen-bond acceptors (Lipinski definition) is 4. The fourth-order valence-corrected chi connectivity index (χ4v) is 3.19. The molecule has 2 rings (SSSR count). The normalized spacial score (nSPS) is 20.8. The molecule has 0 radical (unpaired) electrons. The SMILES string of the molecule is CCC1CCc2nc(NC(=O)[C@@H](C)N)sc2C1. The highest BCUT2D eigenvalue weighted by molar-refractivity contribution is 7.15. The average molecular weight is 253 g/mol. The van der Waals surface area contributed by atoms with Crippen LogP contribution in [0.15, 0.2) is 0 Å². The van der Waals surface area contributed by atoms with Gasteiger partial charge in [0.05, 0.1) is 11.7 Å². The highest BCUT2D eigenvalue weighted by Crippen LogP contribution is 2.33. The van der Waals surface area contributed by atoms with Crippen molar-refractivity contribution in [3.05, 3.63) is 10.6 Å². The minimum absolute atomic E-state index is 0.164. The number of nitrogens with zero attached hydrogens (tertiary/aromatic N) is 1. The molecule has 1 aliphatic rings. The number of fused-ring (bicyclic) bond motifs is 1. The van der Waals surface area contributed by atoms with Gasteiger partial charge in [-0.2, -0.15) is 0 Å². The number of amides is 1. The highest BCUT2D eigenvalue weighted by atomic mass is 32.1. The number of carbonyl (C=O) groups is 1. The standard InChI is InChI=1S/C12H19N3OS/c1-3-8-4-5-9-10(6-8)17-12(14-9)15-11(16)7(2)13/h7-8H,3-6,13H2,1-2H3,(H,14,15,16)/t7-,8?/m1/s1. The molecule has 0 aliphatic heterocycles. The first-order valence-electron chi connectivity index (χ1n) is 6.15. The second-order valence-electron chi connectivity index (χ2n) is 4.68. The molecule has 1 aromatic heterocycles. The number of thiazole rings is 1. The zero-order valence-electron chi connectivity index (χ0n) is 10.3. The molecule has 0 fully saturated rings. The van der Waals surface area contributed by atoms with Gasteiger partial charge in [0.15, 0.2) is 5.13 Å². The number of rotatable bonds is 3. The number of nitrogens with two attached hydrogens (primary N) is 1. The fraction of sp³-hybridized carbons (Fsp3) is 0.667. The second kappa shape index (κ2) is 5.14. The Labute approximate surface area is 106 Å². The molecule has 17 heavy (non-hydrogen) atoms. The molecular formula is C12H19N3OS. The van der Waals surface area contributed by atoms with E-state index in [9.17, 15) is 4.79 Å². The maximum atomic E-state index is 11.5. The fourth-order valence-electron chi connectivity index (χ4n) is 2.06.